The number of imide groups is 1. The van der Waals surface area contributed by atoms with Crippen molar-refractivity contribution in [2.75, 3.05) is 24.4 Å². The van der Waals surface area contributed by atoms with E-state index in [2.05, 4.69) is 21.2 Å². The van der Waals surface area contributed by atoms with Gasteiger partial charge in [0.1, 0.15) is 11.8 Å². The number of benzene rings is 3. The van der Waals surface area contributed by atoms with E-state index in [-0.39, 0.29) is 29.1 Å². The van der Waals surface area contributed by atoms with Crippen LogP contribution in [-0.4, -0.2) is 41.8 Å². The summed E-state index contributed by atoms with van der Waals surface area (Å²) in [7, 11) is 3.05. The fraction of sp³-hybridized carbons (Fsp3) is 0.226. The predicted octanol–water partition coefficient (Wildman–Crippen LogP) is 5.43. The number of carbonyl (C=O) groups excluding carboxylic acids is 3. The summed E-state index contributed by atoms with van der Waals surface area (Å²) >= 11 is 5.57. The van der Waals surface area contributed by atoms with Crippen LogP contribution in [0.15, 0.2) is 81.0 Å². The van der Waals surface area contributed by atoms with Crippen molar-refractivity contribution >= 4 is 68.1 Å². The molecular formula is C31H26BrN3O6S2. The van der Waals surface area contributed by atoms with Crippen LogP contribution >= 0.6 is 39.0 Å². The first-order chi connectivity index (χ1) is 20.7. The van der Waals surface area contributed by atoms with E-state index >= 15 is 0 Å². The van der Waals surface area contributed by atoms with Gasteiger partial charge in [0.05, 0.1) is 30.9 Å². The summed E-state index contributed by atoms with van der Waals surface area (Å²) in [6.45, 7) is 1.72. The number of methoxy groups -OCH3 is 2. The fourth-order valence-corrected chi connectivity index (χ4v) is 8.52. The Morgan fingerprint density at radius 3 is 2.30 bits per heavy atom. The van der Waals surface area contributed by atoms with Gasteiger partial charge >= 0.3 is 4.87 Å². The number of thioether (sulfide) groups is 1. The summed E-state index contributed by atoms with van der Waals surface area (Å²) in [6, 6.07) is 19.7. The van der Waals surface area contributed by atoms with Crippen molar-refractivity contribution in [1.82, 2.24) is 4.57 Å². The molecule has 4 aromatic rings. The quantitative estimate of drug-likeness (QED) is 0.260. The van der Waals surface area contributed by atoms with Gasteiger partial charge in [-0.3, -0.25) is 23.7 Å². The van der Waals surface area contributed by atoms with Crippen molar-refractivity contribution in [3.8, 4) is 11.5 Å². The van der Waals surface area contributed by atoms with Gasteiger partial charge in [0.15, 0.2) is 11.5 Å². The van der Waals surface area contributed by atoms with Gasteiger partial charge in [-0.15, -0.1) is 0 Å². The van der Waals surface area contributed by atoms with Gasteiger partial charge in [-0.05, 0) is 61.0 Å². The van der Waals surface area contributed by atoms with Gasteiger partial charge in [0.2, 0.25) is 17.7 Å². The van der Waals surface area contributed by atoms with Crippen LogP contribution in [0, 0.1) is 12.8 Å². The van der Waals surface area contributed by atoms with Gasteiger partial charge < -0.3 is 14.8 Å². The molecule has 2 aliphatic rings. The molecule has 0 spiro atoms. The molecule has 9 nitrogen and oxygen atoms in total. The van der Waals surface area contributed by atoms with Gasteiger partial charge in [-0.25, -0.2) is 4.90 Å². The first-order valence-electron chi connectivity index (χ1n) is 13.3. The lowest BCUT2D eigenvalue weighted by atomic mass is 9.83. The van der Waals surface area contributed by atoms with Crippen LogP contribution in [-0.2, 0) is 20.9 Å². The minimum absolute atomic E-state index is 0.236. The molecule has 0 aliphatic carbocycles. The number of nitrogens with zero attached hydrogens (tertiary/aromatic N) is 2. The highest BCUT2D eigenvalue weighted by Gasteiger charge is 2.57. The molecule has 220 valence electrons. The molecule has 2 aliphatic heterocycles. The molecule has 1 fully saturated rings. The number of hydrogen-bond donors (Lipinski definition) is 1. The molecule has 1 N–H and O–H groups in total. The van der Waals surface area contributed by atoms with Crippen molar-refractivity contribution in [1.29, 1.82) is 0 Å². The van der Waals surface area contributed by atoms with Gasteiger partial charge in [-0.1, -0.05) is 62.8 Å². The van der Waals surface area contributed by atoms with Crippen LogP contribution in [0.4, 0.5) is 11.4 Å². The minimum Gasteiger partial charge on any atom is -0.493 e. The molecule has 1 saturated heterocycles. The van der Waals surface area contributed by atoms with Crippen molar-refractivity contribution in [3.05, 3.63) is 96.9 Å². The summed E-state index contributed by atoms with van der Waals surface area (Å²) in [6.07, 6.45) is 0. The van der Waals surface area contributed by atoms with E-state index in [1.807, 2.05) is 25.1 Å². The monoisotopic (exact) mass is 679 g/mol. The predicted molar refractivity (Wildman–Crippen MR) is 170 cm³/mol. The molecule has 43 heavy (non-hydrogen) atoms. The zero-order valence-corrected chi connectivity index (χ0v) is 26.5. The molecule has 3 aromatic carbocycles. The topological polar surface area (TPSA) is 107 Å². The maximum Gasteiger partial charge on any atom is 0.308 e. The standard InChI is InChI=1S/C31H26BrN3O6S2/c1-16-4-9-19(10-5-16)33-23(36)15-34-30-27(43-31(34)39)24(17-6-13-21(40-2)22(14-17)41-3)25-26(42-30)29(38)35(28(25)37)20-11-7-18(32)8-12-20/h4-14,24-26H,15H2,1-3H3,(H,33,36)/t24-,25+,26-/m0/s1. The number of aryl methyl sites for hydroxylation is 1. The molecule has 0 bridgehead atoms. The highest BCUT2D eigenvalue weighted by molar-refractivity contribution is 9.10. The van der Waals surface area contributed by atoms with Gasteiger partial charge in [0, 0.05) is 21.0 Å². The Kier molecular flexibility index (Phi) is 7.92. The lowest BCUT2D eigenvalue weighted by Gasteiger charge is -2.31. The van der Waals surface area contributed by atoms with Crippen molar-refractivity contribution in [2.24, 2.45) is 5.92 Å². The van der Waals surface area contributed by atoms with Crippen molar-refractivity contribution < 1.29 is 23.9 Å². The molecule has 12 heteroatoms. The zero-order valence-electron chi connectivity index (χ0n) is 23.3. The third-order valence-corrected chi connectivity index (χ3v) is 10.7. The number of amides is 3. The number of carbonyl (C=O) groups is 3. The maximum atomic E-state index is 14.1. The summed E-state index contributed by atoms with van der Waals surface area (Å²) < 4.78 is 13.2. The van der Waals surface area contributed by atoms with Crippen LogP contribution < -0.4 is 24.6 Å². The molecule has 3 atom stereocenters. The van der Waals surface area contributed by atoms with E-state index in [9.17, 15) is 19.2 Å². The van der Waals surface area contributed by atoms with Gasteiger partial charge in [-0.2, -0.15) is 0 Å². The Hall–Kier alpha value is -3.87. The normalized spacial score (nSPS) is 19.2. The number of nitrogens with one attached hydrogen (secondary N) is 1. The van der Waals surface area contributed by atoms with E-state index in [1.165, 1.54) is 35.4 Å². The molecule has 1 aromatic heterocycles. The van der Waals surface area contributed by atoms with Crippen molar-refractivity contribution in [3.63, 3.8) is 0 Å². The number of fused-ring (bicyclic) bond motifs is 2. The minimum atomic E-state index is -0.804. The van der Waals surface area contributed by atoms with Crippen LogP contribution in [0.2, 0.25) is 0 Å². The number of hydrogen-bond acceptors (Lipinski definition) is 8. The van der Waals surface area contributed by atoms with Crippen LogP contribution in [0.3, 0.4) is 0 Å². The van der Waals surface area contributed by atoms with Gasteiger partial charge in [0.25, 0.3) is 0 Å². The fourth-order valence-electron chi connectivity index (χ4n) is 5.49. The summed E-state index contributed by atoms with van der Waals surface area (Å²) in [5.74, 6) is -1.52. The van der Waals surface area contributed by atoms with Crippen molar-refractivity contribution in [2.45, 2.75) is 29.7 Å². The summed E-state index contributed by atoms with van der Waals surface area (Å²) in [5, 5.41) is 2.55. The number of halogens is 1. The highest BCUT2D eigenvalue weighted by Crippen LogP contribution is 2.54. The smallest absolute Gasteiger partial charge is 0.308 e. The van der Waals surface area contributed by atoms with Crippen LogP contribution in [0.1, 0.15) is 21.9 Å². The van der Waals surface area contributed by atoms with E-state index in [0.29, 0.717) is 38.3 Å². The molecule has 0 unspecified atom stereocenters. The van der Waals surface area contributed by atoms with E-state index in [1.54, 1.807) is 48.5 Å². The molecule has 3 heterocycles. The molecular weight excluding hydrogens is 654 g/mol. The number of rotatable bonds is 7. The molecule has 6 rings (SSSR count). The third-order valence-electron chi connectivity index (χ3n) is 7.54. The largest absolute Gasteiger partial charge is 0.493 e. The third kappa shape index (κ3) is 5.28. The van der Waals surface area contributed by atoms with Crippen LogP contribution in [0.25, 0.3) is 0 Å². The Balaban J connectivity index is 1.43. The first kappa shape index (κ1) is 29.2. The summed E-state index contributed by atoms with van der Waals surface area (Å²) in [5.41, 5.74) is 2.84. The summed E-state index contributed by atoms with van der Waals surface area (Å²) in [4.78, 5) is 56.0. The maximum absolute atomic E-state index is 14.1. The molecule has 3 amide bonds. The average molecular weight is 681 g/mol. The number of ether oxygens (including phenoxy) is 2. The number of aromatic nitrogens is 1. The lowest BCUT2D eigenvalue weighted by Crippen LogP contribution is -2.33. The number of thiazole rings is 1. The Labute approximate surface area is 263 Å². The Morgan fingerprint density at radius 2 is 1.63 bits per heavy atom. The molecule has 0 radical (unpaired) electrons. The second kappa shape index (κ2) is 11.7. The lowest BCUT2D eigenvalue weighted by molar-refractivity contribution is -0.122. The average Bonchev–Trinajstić information content (AvgIpc) is 3.44. The highest BCUT2D eigenvalue weighted by atomic mass is 79.9. The Bertz CT molecular complexity index is 1800. The molecule has 0 saturated carbocycles. The first-order valence-corrected chi connectivity index (χ1v) is 15.8. The van der Waals surface area contributed by atoms with Crippen LogP contribution in [0.5, 0.6) is 11.5 Å². The zero-order chi connectivity index (χ0) is 30.4. The Morgan fingerprint density at radius 1 is 0.930 bits per heavy atom. The van der Waals surface area contributed by atoms with E-state index in [4.69, 9.17) is 9.47 Å². The SMILES string of the molecule is COc1ccc([C@@H]2c3sc(=O)n(CC(=O)Nc4ccc(C)cc4)c3S[C@@H]3C(=O)N(c4ccc(Br)cc4)C(=O)[C@H]23)cc1OC. The van der Waals surface area contributed by atoms with E-state index < -0.39 is 17.1 Å². The number of anilines is 2. The second-order valence-corrected chi connectivity index (χ2v) is 13.2. The van der Waals surface area contributed by atoms with E-state index in [0.717, 1.165) is 21.4 Å². The second-order valence-electron chi connectivity index (χ2n) is 10.2.